The van der Waals surface area contributed by atoms with Crippen LogP contribution in [0.4, 0.5) is 0 Å². The van der Waals surface area contributed by atoms with E-state index in [1.54, 1.807) is 0 Å². The Kier molecular flexibility index (Phi) is 6.25. The average Bonchev–Trinajstić information content (AvgIpc) is 2.53. The molecule has 0 amide bonds. The van der Waals surface area contributed by atoms with Gasteiger partial charge in [0.1, 0.15) is 5.75 Å². The minimum Gasteiger partial charge on any atom is -0.494 e. The third kappa shape index (κ3) is 5.21. The van der Waals surface area contributed by atoms with Crippen LogP contribution in [0.15, 0.2) is 48.5 Å². The molecule has 0 saturated carbocycles. The van der Waals surface area contributed by atoms with E-state index in [-0.39, 0.29) is 6.61 Å². The van der Waals surface area contributed by atoms with Gasteiger partial charge in [-0.3, -0.25) is 0 Å². The Morgan fingerprint density at radius 2 is 1.62 bits per heavy atom. The van der Waals surface area contributed by atoms with Gasteiger partial charge in [0, 0.05) is 13.1 Å². The van der Waals surface area contributed by atoms with Crippen LogP contribution < -0.4 is 10.1 Å². The number of ether oxygens (including phenoxy) is 1. The highest BCUT2D eigenvalue weighted by atomic mass is 16.5. The predicted octanol–water partition coefficient (Wildman–Crippen LogP) is 3.26. The minimum atomic E-state index is 0.0879. The van der Waals surface area contributed by atoms with Crippen LogP contribution in [0.25, 0.3) is 0 Å². The van der Waals surface area contributed by atoms with Gasteiger partial charge >= 0.3 is 0 Å². The molecule has 0 fully saturated rings. The van der Waals surface area contributed by atoms with Crippen molar-refractivity contribution in [1.82, 2.24) is 5.32 Å². The summed E-state index contributed by atoms with van der Waals surface area (Å²) in [5.41, 5.74) is 3.34. The van der Waals surface area contributed by atoms with Gasteiger partial charge in [0.15, 0.2) is 0 Å². The van der Waals surface area contributed by atoms with Crippen LogP contribution in [0, 0.1) is 0 Å². The molecule has 21 heavy (non-hydrogen) atoms. The topological polar surface area (TPSA) is 41.5 Å². The van der Waals surface area contributed by atoms with Crippen LogP contribution in [0.3, 0.4) is 0 Å². The first kappa shape index (κ1) is 15.5. The van der Waals surface area contributed by atoms with Gasteiger partial charge in [0.2, 0.25) is 0 Å². The lowest BCUT2D eigenvalue weighted by atomic mass is 10.1. The van der Waals surface area contributed by atoms with E-state index in [1.165, 1.54) is 11.1 Å². The summed E-state index contributed by atoms with van der Waals surface area (Å²) < 4.78 is 5.64. The maximum Gasteiger partial charge on any atom is 0.119 e. The molecule has 3 heteroatoms. The molecule has 0 bridgehead atoms. The zero-order chi connectivity index (χ0) is 14.9. The van der Waals surface area contributed by atoms with E-state index in [9.17, 15) is 0 Å². The monoisotopic (exact) mass is 285 g/mol. The molecular formula is C18H23NO2. The van der Waals surface area contributed by atoms with E-state index in [0.717, 1.165) is 37.4 Å². The van der Waals surface area contributed by atoms with Gasteiger partial charge in [0.05, 0.1) is 13.2 Å². The van der Waals surface area contributed by atoms with E-state index in [0.29, 0.717) is 0 Å². The van der Waals surface area contributed by atoms with Crippen LogP contribution in [0.1, 0.15) is 30.0 Å². The first-order valence-corrected chi connectivity index (χ1v) is 7.43. The molecule has 0 saturated heterocycles. The largest absolute Gasteiger partial charge is 0.494 e. The summed E-state index contributed by atoms with van der Waals surface area (Å²) in [4.78, 5) is 0. The Bertz CT molecular complexity index is 554. The van der Waals surface area contributed by atoms with Crippen LogP contribution in [0.2, 0.25) is 0 Å². The summed E-state index contributed by atoms with van der Waals surface area (Å²) in [6.45, 7) is 4.53. The van der Waals surface area contributed by atoms with Crippen LogP contribution in [-0.4, -0.2) is 11.7 Å². The molecule has 0 aliphatic heterocycles. The molecule has 2 aromatic carbocycles. The first-order valence-electron chi connectivity index (χ1n) is 7.43. The van der Waals surface area contributed by atoms with E-state index in [4.69, 9.17) is 9.84 Å². The molecular weight excluding hydrogens is 262 g/mol. The van der Waals surface area contributed by atoms with Gasteiger partial charge in [-0.25, -0.2) is 0 Å². The van der Waals surface area contributed by atoms with Crippen molar-refractivity contribution in [1.29, 1.82) is 0 Å². The lowest BCUT2D eigenvalue weighted by molar-refractivity contribution is 0.281. The van der Waals surface area contributed by atoms with Crippen molar-refractivity contribution in [2.45, 2.75) is 33.0 Å². The molecule has 0 aliphatic carbocycles. The summed E-state index contributed by atoms with van der Waals surface area (Å²) in [6.07, 6.45) is 1.02. The van der Waals surface area contributed by atoms with Gasteiger partial charge in [-0.15, -0.1) is 0 Å². The third-order valence-electron chi connectivity index (χ3n) is 3.20. The smallest absolute Gasteiger partial charge is 0.119 e. The Morgan fingerprint density at radius 1 is 0.952 bits per heavy atom. The highest BCUT2D eigenvalue weighted by molar-refractivity contribution is 5.28. The molecule has 2 rings (SSSR count). The molecule has 0 unspecified atom stereocenters. The predicted molar refractivity (Wildman–Crippen MR) is 85.1 cm³/mol. The maximum absolute atomic E-state index is 9.13. The van der Waals surface area contributed by atoms with Crippen LogP contribution in [-0.2, 0) is 19.7 Å². The van der Waals surface area contributed by atoms with Crippen molar-refractivity contribution in [2.75, 3.05) is 6.61 Å². The Hall–Kier alpha value is -1.84. The molecule has 0 spiro atoms. The lowest BCUT2D eigenvalue weighted by Crippen LogP contribution is -2.12. The van der Waals surface area contributed by atoms with Crippen molar-refractivity contribution in [3.63, 3.8) is 0 Å². The number of hydrogen-bond donors (Lipinski definition) is 2. The van der Waals surface area contributed by atoms with E-state index < -0.39 is 0 Å². The van der Waals surface area contributed by atoms with Crippen molar-refractivity contribution >= 4 is 0 Å². The Labute approximate surface area is 126 Å². The summed E-state index contributed by atoms with van der Waals surface area (Å²) in [6, 6.07) is 16.2. The number of aliphatic hydroxyl groups excluding tert-OH is 1. The Morgan fingerprint density at radius 3 is 2.33 bits per heavy atom. The second-order valence-corrected chi connectivity index (χ2v) is 5.08. The highest BCUT2D eigenvalue weighted by Gasteiger charge is 1.98. The summed E-state index contributed by atoms with van der Waals surface area (Å²) in [5.74, 6) is 0.929. The highest BCUT2D eigenvalue weighted by Crippen LogP contribution is 2.13. The van der Waals surface area contributed by atoms with Crippen molar-refractivity contribution in [2.24, 2.45) is 0 Å². The van der Waals surface area contributed by atoms with Gasteiger partial charge in [-0.1, -0.05) is 43.3 Å². The quantitative estimate of drug-likeness (QED) is 0.782. The molecule has 2 aromatic rings. The molecule has 0 atom stereocenters. The third-order valence-corrected chi connectivity index (χ3v) is 3.20. The van der Waals surface area contributed by atoms with Gasteiger partial charge in [-0.2, -0.15) is 0 Å². The SMILES string of the molecule is CCCOc1cccc(CNCc2cccc(CO)c2)c1. The summed E-state index contributed by atoms with van der Waals surface area (Å²) >= 11 is 0. The number of nitrogens with one attached hydrogen (secondary N) is 1. The second kappa shape index (κ2) is 8.45. The maximum atomic E-state index is 9.13. The van der Waals surface area contributed by atoms with Crippen LogP contribution >= 0.6 is 0 Å². The zero-order valence-electron chi connectivity index (χ0n) is 12.5. The minimum absolute atomic E-state index is 0.0879. The number of aliphatic hydroxyl groups is 1. The van der Waals surface area contributed by atoms with E-state index >= 15 is 0 Å². The number of rotatable bonds is 8. The number of benzene rings is 2. The molecule has 3 nitrogen and oxygen atoms in total. The fourth-order valence-corrected chi connectivity index (χ4v) is 2.15. The molecule has 0 aromatic heterocycles. The van der Waals surface area contributed by atoms with Gasteiger partial charge in [-0.05, 0) is 35.2 Å². The van der Waals surface area contributed by atoms with Crippen molar-refractivity contribution in [3.8, 4) is 5.75 Å². The normalized spacial score (nSPS) is 10.6. The lowest BCUT2D eigenvalue weighted by Gasteiger charge is -2.09. The standard InChI is InChI=1S/C18H23NO2/c1-2-9-21-18-8-4-6-16(11-18)13-19-12-15-5-3-7-17(10-15)14-20/h3-8,10-11,19-20H,2,9,12-14H2,1H3. The van der Waals surface area contributed by atoms with E-state index in [1.807, 2.05) is 30.3 Å². The van der Waals surface area contributed by atoms with Crippen molar-refractivity contribution < 1.29 is 9.84 Å². The Balaban J connectivity index is 1.85. The summed E-state index contributed by atoms with van der Waals surface area (Å²) in [7, 11) is 0. The first-order chi connectivity index (χ1) is 10.3. The molecule has 0 radical (unpaired) electrons. The van der Waals surface area contributed by atoms with Gasteiger partial charge in [0.25, 0.3) is 0 Å². The average molecular weight is 285 g/mol. The van der Waals surface area contributed by atoms with Gasteiger partial charge < -0.3 is 15.2 Å². The molecule has 112 valence electrons. The second-order valence-electron chi connectivity index (χ2n) is 5.08. The fourth-order valence-electron chi connectivity index (χ4n) is 2.15. The number of hydrogen-bond acceptors (Lipinski definition) is 3. The fraction of sp³-hybridized carbons (Fsp3) is 0.333. The zero-order valence-corrected chi connectivity index (χ0v) is 12.5. The van der Waals surface area contributed by atoms with E-state index in [2.05, 4.69) is 30.4 Å². The van der Waals surface area contributed by atoms with Crippen molar-refractivity contribution in [3.05, 3.63) is 65.2 Å². The molecule has 0 heterocycles. The summed E-state index contributed by atoms with van der Waals surface area (Å²) in [5, 5.41) is 12.5. The molecule has 0 aliphatic rings. The van der Waals surface area contributed by atoms with Crippen LogP contribution in [0.5, 0.6) is 5.75 Å². The molecule has 2 N–H and O–H groups in total.